The van der Waals surface area contributed by atoms with Gasteiger partial charge in [-0.05, 0) is 73.2 Å². The second kappa shape index (κ2) is 7.15. The average molecular weight is 363 g/mol. The van der Waals surface area contributed by atoms with E-state index in [9.17, 15) is 9.90 Å². The third-order valence-corrected chi connectivity index (χ3v) is 4.94. The molecule has 3 aromatic rings. The van der Waals surface area contributed by atoms with Gasteiger partial charge < -0.3 is 14.8 Å². The van der Waals surface area contributed by atoms with Crippen molar-refractivity contribution in [1.29, 1.82) is 0 Å². The number of methoxy groups -OCH3 is 1. The molecule has 3 N–H and O–H groups in total. The first-order chi connectivity index (χ1) is 13.2. The molecule has 0 fully saturated rings. The third kappa shape index (κ3) is 3.38. The number of carbonyl (C=O) groups is 1. The molecule has 0 unspecified atom stereocenters. The fraction of sp³-hybridized carbons (Fsp3) is 0.238. The molecule has 138 valence electrons. The van der Waals surface area contributed by atoms with Crippen molar-refractivity contribution in [3.63, 3.8) is 0 Å². The van der Waals surface area contributed by atoms with E-state index in [1.165, 1.54) is 43.5 Å². The van der Waals surface area contributed by atoms with Crippen LogP contribution in [0.3, 0.4) is 0 Å². The maximum absolute atomic E-state index is 12.4. The summed E-state index contributed by atoms with van der Waals surface area (Å²) in [5, 5.41) is 14.9. The number of carbonyl (C=O) groups excluding carboxylic acids is 1. The maximum Gasteiger partial charge on any atom is 0.271 e. The number of hydrazone groups is 1. The van der Waals surface area contributed by atoms with Crippen LogP contribution in [0.4, 0.5) is 0 Å². The van der Waals surface area contributed by atoms with Crippen molar-refractivity contribution in [3.05, 3.63) is 58.8 Å². The zero-order valence-electron chi connectivity index (χ0n) is 15.1. The van der Waals surface area contributed by atoms with Gasteiger partial charge in [0.25, 0.3) is 5.91 Å². The van der Waals surface area contributed by atoms with Crippen molar-refractivity contribution < 1.29 is 14.6 Å². The predicted octanol–water partition coefficient (Wildman–Crippen LogP) is 3.52. The number of rotatable bonds is 4. The molecule has 1 amide bonds. The number of phenolic OH excluding ortho intramolecular Hbond substituents is 1. The molecular formula is C21H21N3O3. The Morgan fingerprint density at radius 3 is 2.89 bits per heavy atom. The van der Waals surface area contributed by atoms with Crippen LogP contribution in [-0.2, 0) is 12.8 Å². The summed E-state index contributed by atoms with van der Waals surface area (Å²) >= 11 is 0. The van der Waals surface area contributed by atoms with E-state index < -0.39 is 0 Å². The van der Waals surface area contributed by atoms with E-state index in [1.807, 2.05) is 12.1 Å². The average Bonchev–Trinajstić information content (AvgIpc) is 3.06. The lowest BCUT2D eigenvalue weighted by atomic mass is 9.95. The molecule has 0 radical (unpaired) electrons. The molecule has 27 heavy (non-hydrogen) atoms. The zero-order valence-corrected chi connectivity index (χ0v) is 15.1. The number of hydrogen-bond donors (Lipinski definition) is 3. The monoisotopic (exact) mass is 363 g/mol. The van der Waals surface area contributed by atoms with Gasteiger partial charge in [0, 0.05) is 22.2 Å². The maximum atomic E-state index is 12.4. The van der Waals surface area contributed by atoms with E-state index in [0.29, 0.717) is 16.9 Å². The molecule has 0 atom stereocenters. The molecule has 1 aromatic heterocycles. The Balaban J connectivity index is 1.50. The first-order valence-corrected chi connectivity index (χ1v) is 8.99. The number of hydrogen-bond acceptors (Lipinski definition) is 4. The van der Waals surface area contributed by atoms with Crippen LogP contribution in [0.2, 0.25) is 0 Å². The Morgan fingerprint density at radius 2 is 2.07 bits per heavy atom. The molecule has 0 bridgehead atoms. The lowest BCUT2D eigenvalue weighted by Gasteiger charge is -2.10. The van der Waals surface area contributed by atoms with Gasteiger partial charge in [-0.3, -0.25) is 4.79 Å². The largest absolute Gasteiger partial charge is 0.504 e. The van der Waals surface area contributed by atoms with E-state index in [4.69, 9.17) is 4.74 Å². The van der Waals surface area contributed by atoms with Gasteiger partial charge in [0.1, 0.15) is 0 Å². The smallest absolute Gasteiger partial charge is 0.271 e. The van der Waals surface area contributed by atoms with Crippen LogP contribution in [0.25, 0.3) is 10.9 Å². The van der Waals surface area contributed by atoms with Crippen LogP contribution in [0, 0.1) is 0 Å². The molecule has 6 nitrogen and oxygen atoms in total. The van der Waals surface area contributed by atoms with Crippen molar-refractivity contribution in [2.75, 3.05) is 7.11 Å². The minimum absolute atomic E-state index is 0.0236. The number of nitrogens with zero attached hydrogens (tertiary/aromatic N) is 1. The minimum atomic E-state index is -0.267. The normalized spacial score (nSPS) is 13.7. The number of fused-ring (bicyclic) bond motifs is 3. The number of benzene rings is 2. The van der Waals surface area contributed by atoms with Gasteiger partial charge >= 0.3 is 0 Å². The minimum Gasteiger partial charge on any atom is -0.504 e. The summed E-state index contributed by atoms with van der Waals surface area (Å²) in [7, 11) is 1.49. The van der Waals surface area contributed by atoms with Gasteiger partial charge in [-0.2, -0.15) is 5.10 Å². The van der Waals surface area contributed by atoms with E-state index in [1.54, 1.807) is 18.2 Å². The highest BCUT2D eigenvalue weighted by atomic mass is 16.5. The van der Waals surface area contributed by atoms with Crippen molar-refractivity contribution >= 4 is 23.0 Å². The molecule has 0 spiro atoms. The second-order valence-electron chi connectivity index (χ2n) is 6.68. The van der Waals surface area contributed by atoms with Gasteiger partial charge in [-0.15, -0.1) is 0 Å². The highest BCUT2D eigenvalue weighted by Crippen LogP contribution is 2.29. The Labute approximate surface area is 156 Å². The fourth-order valence-electron chi connectivity index (χ4n) is 3.56. The number of ether oxygens (including phenoxy) is 1. The molecule has 1 aliphatic rings. The van der Waals surface area contributed by atoms with Crippen molar-refractivity contribution in [2.45, 2.75) is 25.7 Å². The highest BCUT2D eigenvalue weighted by Gasteiger charge is 2.16. The number of nitrogens with one attached hydrogen (secondary N) is 2. The molecular weight excluding hydrogens is 342 g/mol. The fourth-order valence-corrected chi connectivity index (χ4v) is 3.56. The summed E-state index contributed by atoms with van der Waals surface area (Å²) in [4.78, 5) is 15.9. The van der Waals surface area contributed by atoms with Crippen LogP contribution in [0.1, 0.15) is 40.0 Å². The topological polar surface area (TPSA) is 86.7 Å². The van der Waals surface area contributed by atoms with Crippen molar-refractivity contribution in [3.8, 4) is 11.5 Å². The lowest BCUT2D eigenvalue weighted by molar-refractivity contribution is 0.0955. The molecule has 0 aliphatic heterocycles. The quantitative estimate of drug-likeness (QED) is 0.490. The number of aromatic hydroxyl groups is 1. The molecule has 6 heteroatoms. The highest BCUT2D eigenvalue weighted by molar-refractivity contribution is 5.99. The van der Waals surface area contributed by atoms with Crippen LogP contribution >= 0.6 is 0 Å². The number of aromatic amines is 1. The van der Waals surface area contributed by atoms with E-state index in [2.05, 4.69) is 15.5 Å². The van der Waals surface area contributed by atoms with E-state index in [-0.39, 0.29) is 11.7 Å². The Morgan fingerprint density at radius 1 is 1.22 bits per heavy atom. The summed E-state index contributed by atoms with van der Waals surface area (Å²) in [6, 6.07) is 10.6. The number of amides is 1. The Kier molecular flexibility index (Phi) is 4.54. The summed E-state index contributed by atoms with van der Waals surface area (Å²) < 4.78 is 5.00. The van der Waals surface area contributed by atoms with Gasteiger partial charge in [-0.1, -0.05) is 0 Å². The second-order valence-corrected chi connectivity index (χ2v) is 6.68. The molecule has 0 saturated carbocycles. The summed E-state index contributed by atoms with van der Waals surface area (Å²) in [6.45, 7) is 0. The third-order valence-electron chi connectivity index (χ3n) is 4.94. The molecule has 2 aromatic carbocycles. The van der Waals surface area contributed by atoms with Crippen molar-refractivity contribution in [1.82, 2.24) is 10.4 Å². The summed E-state index contributed by atoms with van der Waals surface area (Å²) in [5.41, 5.74) is 7.48. The number of aryl methyl sites for hydroxylation is 2. The predicted molar refractivity (Wildman–Crippen MR) is 105 cm³/mol. The number of phenols is 1. The van der Waals surface area contributed by atoms with Gasteiger partial charge in [0.15, 0.2) is 11.5 Å². The Bertz CT molecular complexity index is 1040. The molecule has 0 saturated heterocycles. The first-order valence-electron chi connectivity index (χ1n) is 8.99. The molecule has 4 rings (SSSR count). The number of H-pyrrole nitrogens is 1. The lowest BCUT2D eigenvalue weighted by Crippen LogP contribution is -2.17. The van der Waals surface area contributed by atoms with Crippen LogP contribution < -0.4 is 10.2 Å². The SMILES string of the molecule is COc1ccc(/C=N\NC(=O)c2ccc3[nH]c4c(c3c2)CCCC4)cc1O. The number of aromatic nitrogens is 1. The molecule has 1 heterocycles. The Hall–Kier alpha value is -3.28. The van der Waals surface area contributed by atoms with Gasteiger partial charge in [0.05, 0.1) is 13.3 Å². The van der Waals surface area contributed by atoms with Gasteiger partial charge in [0.2, 0.25) is 0 Å². The summed E-state index contributed by atoms with van der Waals surface area (Å²) in [6.07, 6.45) is 6.01. The summed E-state index contributed by atoms with van der Waals surface area (Å²) in [5.74, 6) is 0.145. The van der Waals surface area contributed by atoms with Crippen LogP contribution in [-0.4, -0.2) is 29.3 Å². The first kappa shape index (κ1) is 17.1. The standard InChI is InChI=1S/C21H21N3O3/c1-27-20-9-6-13(10-19(20)25)12-22-24-21(26)14-7-8-18-16(11-14)15-4-2-3-5-17(15)23-18/h6-12,23,25H,2-5H2,1H3,(H,24,26)/b22-12-. The van der Waals surface area contributed by atoms with Gasteiger partial charge in [-0.25, -0.2) is 5.43 Å². The molecule has 1 aliphatic carbocycles. The zero-order chi connectivity index (χ0) is 18.8. The van der Waals surface area contributed by atoms with E-state index >= 15 is 0 Å². The van der Waals surface area contributed by atoms with E-state index in [0.717, 1.165) is 23.7 Å². The van der Waals surface area contributed by atoms with Crippen LogP contribution in [0.15, 0.2) is 41.5 Å². The van der Waals surface area contributed by atoms with Crippen molar-refractivity contribution in [2.24, 2.45) is 5.10 Å². The van der Waals surface area contributed by atoms with Crippen LogP contribution in [0.5, 0.6) is 11.5 Å².